The smallest absolute Gasteiger partial charge is 0.321 e. The van der Waals surface area contributed by atoms with Crippen LogP contribution >= 0.6 is 11.8 Å². The molecule has 0 radical (unpaired) electrons. The summed E-state index contributed by atoms with van der Waals surface area (Å²) in [6.45, 7) is 2.52. The van der Waals surface area contributed by atoms with Gasteiger partial charge >= 0.3 is 6.03 Å². The van der Waals surface area contributed by atoms with Gasteiger partial charge in [0.25, 0.3) is 0 Å². The number of benzene rings is 2. The topological polar surface area (TPSA) is 59.6 Å². The number of anilines is 1. The van der Waals surface area contributed by atoms with E-state index in [-0.39, 0.29) is 12.8 Å². The summed E-state index contributed by atoms with van der Waals surface area (Å²) >= 11 is 1.62. The lowest BCUT2D eigenvalue weighted by Crippen LogP contribution is -2.32. The highest BCUT2D eigenvalue weighted by atomic mass is 32.2. The predicted octanol–water partition coefficient (Wildman–Crippen LogP) is 3.97. The van der Waals surface area contributed by atoms with E-state index in [0.717, 1.165) is 10.6 Å². The second-order valence-corrected chi connectivity index (χ2v) is 5.41. The van der Waals surface area contributed by atoms with E-state index in [1.807, 2.05) is 55.6 Å². The third kappa shape index (κ3) is 5.41. The van der Waals surface area contributed by atoms with E-state index in [2.05, 4.69) is 10.6 Å². The maximum atomic E-state index is 11.9. The Kier molecular flexibility index (Phi) is 6.62. The van der Waals surface area contributed by atoms with Crippen LogP contribution in [0.1, 0.15) is 6.92 Å². The molecule has 0 aliphatic carbocycles. The molecule has 0 heterocycles. The third-order valence-corrected chi connectivity index (χ3v) is 3.66. The minimum absolute atomic E-state index is 0.0537. The van der Waals surface area contributed by atoms with Crippen LogP contribution in [0.15, 0.2) is 53.4 Å². The molecule has 0 saturated heterocycles. The number of hydrogen-bond donors (Lipinski definition) is 2. The minimum Gasteiger partial charge on any atom is -0.490 e. The largest absolute Gasteiger partial charge is 0.490 e. The summed E-state index contributed by atoms with van der Waals surface area (Å²) in [5.74, 6) is 1.25. The number of thioether (sulfide) groups is 1. The Morgan fingerprint density at radius 1 is 1.09 bits per heavy atom. The third-order valence-electron chi connectivity index (χ3n) is 2.94. The number of carbonyl (C=O) groups is 1. The highest BCUT2D eigenvalue weighted by Gasteiger charge is 2.05. The van der Waals surface area contributed by atoms with Gasteiger partial charge < -0.3 is 20.1 Å². The fraction of sp³-hybridized carbons (Fsp3) is 0.235. The molecule has 23 heavy (non-hydrogen) atoms. The number of rotatable bonds is 7. The fourth-order valence-corrected chi connectivity index (χ4v) is 2.36. The maximum Gasteiger partial charge on any atom is 0.321 e. The summed E-state index contributed by atoms with van der Waals surface area (Å²) in [5.41, 5.74) is 0.740. The monoisotopic (exact) mass is 332 g/mol. The van der Waals surface area contributed by atoms with Crippen molar-refractivity contribution in [3.05, 3.63) is 48.5 Å². The molecule has 0 spiro atoms. The van der Waals surface area contributed by atoms with Gasteiger partial charge in [0.15, 0.2) is 18.2 Å². The van der Waals surface area contributed by atoms with Crippen molar-refractivity contribution in [2.24, 2.45) is 0 Å². The van der Waals surface area contributed by atoms with Crippen molar-refractivity contribution >= 4 is 23.5 Å². The molecule has 2 rings (SSSR count). The second-order valence-electron chi connectivity index (χ2n) is 4.53. The molecular formula is C17H20N2O3S. The normalized spacial score (nSPS) is 10.0. The van der Waals surface area contributed by atoms with E-state index in [9.17, 15) is 4.79 Å². The van der Waals surface area contributed by atoms with Crippen LogP contribution in [0.25, 0.3) is 0 Å². The Labute approximate surface area is 140 Å². The van der Waals surface area contributed by atoms with Crippen molar-refractivity contribution in [2.75, 3.05) is 24.9 Å². The maximum absolute atomic E-state index is 11.9. The quantitative estimate of drug-likeness (QED) is 0.595. The van der Waals surface area contributed by atoms with Crippen LogP contribution in [-0.2, 0) is 0 Å². The predicted molar refractivity (Wildman–Crippen MR) is 93.5 cm³/mol. The number of ether oxygens (including phenoxy) is 2. The molecule has 0 unspecified atom stereocenters. The summed E-state index contributed by atoms with van der Waals surface area (Å²) in [5, 5.41) is 5.42. The Bertz CT molecular complexity index is 649. The summed E-state index contributed by atoms with van der Waals surface area (Å²) in [7, 11) is 0. The summed E-state index contributed by atoms with van der Waals surface area (Å²) < 4.78 is 11.0. The van der Waals surface area contributed by atoms with E-state index in [1.165, 1.54) is 0 Å². The van der Waals surface area contributed by atoms with Crippen LogP contribution in [0, 0.1) is 0 Å². The SMILES string of the molecule is CCOc1ccccc1OCNC(=O)Nc1cccc(SC)c1. The minimum atomic E-state index is -0.322. The van der Waals surface area contributed by atoms with Crippen molar-refractivity contribution in [1.29, 1.82) is 0 Å². The Hall–Kier alpha value is -2.34. The van der Waals surface area contributed by atoms with Crippen molar-refractivity contribution in [1.82, 2.24) is 5.32 Å². The zero-order valence-electron chi connectivity index (χ0n) is 13.2. The standard InChI is InChI=1S/C17H20N2O3S/c1-3-21-15-9-4-5-10-16(15)22-12-18-17(20)19-13-7-6-8-14(11-13)23-2/h4-11H,3,12H2,1-2H3,(H2,18,19,20). The molecule has 2 aromatic carbocycles. The zero-order valence-corrected chi connectivity index (χ0v) is 14.0. The van der Waals surface area contributed by atoms with Gasteiger partial charge in [0.1, 0.15) is 0 Å². The van der Waals surface area contributed by atoms with Crippen molar-refractivity contribution < 1.29 is 14.3 Å². The number of urea groups is 1. The average molecular weight is 332 g/mol. The Balaban J connectivity index is 1.83. The van der Waals surface area contributed by atoms with Gasteiger partial charge in [-0.05, 0) is 43.5 Å². The van der Waals surface area contributed by atoms with E-state index >= 15 is 0 Å². The molecule has 0 saturated carbocycles. The average Bonchev–Trinajstić information content (AvgIpc) is 2.57. The van der Waals surface area contributed by atoms with Crippen LogP contribution in [0.3, 0.4) is 0 Å². The summed E-state index contributed by atoms with van der Waals surface area (Å²) in [6.07, 6.45) is 1.99. The molecule has 2 amide bonds. The molecule has 0 aliphatic rings. The number of amides is 2. The summed E-state index contributed by atoms with van der Waals surface area (Å²) in [4.78, 5) is 13.0. The van der Waals surface area contributed by atoms with E-state index < -0.39 is 0 Å². The highest BCUT2D eigenvalue weighted by Crippen LogP contribution is 2.26. The van der Waals surface area contributed by atoms with Gasteiger partial charge in [-0.3, -0.25) is 0 Å². The first-order valence-corrected chi connectivity index (χ1v) is 8.49. The van der Waals surface area contributed by atoms with Gasteiger partial charge in [-0.2, -0.15) is 0 Å². The molecule has 122 valence electrons. The second kappa shape index (κ2) is 8.95. The van der Waals surface area contributed by atoms with E-state index in [1.54, 1.807) is 17.8 Å². The molecule has 0 aromatic heterocycles. The molecular weight excluding hydrogens is 312 g/mol. The lowest BCUT2D eigenvalue weighted by Gasteiger charge is -2.12. The van der Waals surface area contributed by atoms with Crippen LogP contribution in [0.2, 0.25) is 0 Å². The van der Waals surface area contributed by atoms with Crippen LogP contribution in [0.5, 0.6) is 11.5 Å². The van der Waals surface area contributed by atoms with Gasteiger partial charge in [0.05, 0.1) is 6.61 Å². The lowest BCUT2D eigenvalue weighted by molar-refractivity contribution is 0.229. The molecule has 0 aliphatic heterocycles. The molecule has 6 heteroatoms. The van der Waals surface area contributed by atoms with Gasteiger partial charge in [-0.25, -0.2) is 4.79 Å². The number of carbonyl (C=O) groups excluding carboxylic acids is 1. The van der Waals surface area contributed by atoms with Crippen LogP contribution < -0.4 is 20.1 Å². The Morgan fingerprint density at radius 3 is 2.52 bits per heavy atom. The fourth-order valence-electron chi connectivity index (χ4n) is 1.90. The van der Waals surface area contributed by atoms with Gasteiger partial charge in [0.2, 0.25) is 0 Å². The highest BCUT2D eigenvalue weighted by molar-refractivity contribution is 7.98. The van der Waals surface area contributed by atoms with Crippen molar-refractivity contribution in [2.45, 2.75) is 11.8 Å². The van der Waals surface area contributed by atoms with Gasteiger partial charge in [0, 0.05) is 10.6 Å². The van der Waals surface area contributed by atoms with E-state index in [0.29, 0.717) is 18.1 Å². The first-order valence-electron chi connectivity index (χ1n) is 7.26. The number of nitrogens with one attached hydrogen (secondary N) is 2. The number of para-hydroxylation sites is 2. The van der Waals surface area contributed by atoms with Crippen molar-refractivity contribution in [3.63, 3.8) is 0 Å². The zero-order chi connectivity index (χ0) is 16.5. The van der Waals surface area contributed by atoms with Crippen molar-refractivity contribution in [3.8, 4) is 11.5 Å². The first kappa shape index (κ1) is 17.0. The van der Waals surface area contributed by atoms with Gasteiger partial charge in [-0.15, -0.1) is 11.8 Å². The molecule has 0 fully saturated rings. The molecule has 2 aromatic rings. The molecule has 0 bridgehead atoms. The Morgan fingerprint density at radius 2 is 1.83 bits per heavy atom. The van der Waals surface area contributed by atoms with Gasteiger partial charge in [-0.1, -0.05) is 18.2 Å². The summed E-state index contributed by atoms with van der Waals surface area (Å²) in [6, 6.07) is 14.7. The van der Waals surface area contributed by atoms with Crippen LogP contribution in [0.4, 0.5) is 10.5 Å². The first-order chi connectivity index (χ1) is 11.2. The molecule has 0 atom stereocenters. The molecule has 2 N–H and O–H groups in total. The lowest BCUT2D eigenvalue weighted by atomic mass is 10.3. The van der Waals surface area contributed by atoms with Crippen LogP contribution in [-0.4, -0.2) is 25.6 Å². The van der Waals surface area contributed by atoms with E-state index in [4.69, 9.17) is 9.47 Å². The molecule has 5 nitrogen and oxygen atoms in total. The number of hydrogen-bond acceptors (Lipinski definition) is 4.